The van der Waals surface area contributed by atoms with E-state index >= 15 is 0 Å². The average molecular weight is 370 g/mol. The second-order valence-corrected chi connectivity index (χ2v) is 7.60. The van der Waals surface area contributed by atoms with Crippen molar-refractivity contribution in [1.29, 1.82) is 5.26 Å². The molecule has 0 N–H and O–H groups in total. The summed E-state index contributed by atoms with van der Waals surface area (Å²) >= 11 is 1.29. The zero-order valence-electron chi connectivity index (χ0n) is 15.1. The van der Waals surface area contributed by atoms with Crippen LogP contribution < -0.4 is 0 Å². The second kappa shape index (κ2) is 7.87. The second-order valence-electron chi connectivity index (χ2n) is 6.65. The van der Waals surface area contributed by atoms with Crippen molar-refractivity contribution in [3.8, 4) is 11.8 Å². The van der Waals surface area contributed by atoms with E-state index in [-0.39, 0.29) is 11.7 Å². The summed E-state index contributed by atoms with van der Waals surface area (Å²) in [5, 5.41) is 22.0. The Labute approximate surface area is 157 Å². The fraction of sp³-hybridized carbons (Fsp3) is 0.500. The summed E-state index contributed by atoms with van der Waals surface area (Å²) in [6.07, 6.45) is 4.61. The van der Waals surface area contributed by atoms with Crippen LogP contribution in [0.4, 0.5) is 0 Å². The summed E-state index contributed by atoms with van der Waals surface area (Å²) in [7, 11) is 1.74. The predicted molar refractivity (Wildman–Crippen MR) is 98.8 cm³/mol. The third-order valence-electron chi connectivity index (χ3n) is 4.95. The molecule has 0 atom stereocenters. The van der Waals surface area contributed by atoms with Crippen LogP contribution in [-0.4, -0.2) is 49.4 Å². The van der Waals surface area contributed by atoms with E-state index in [4.69, 9.17) is 0 Å². The van der Waals surface area contributed by atoms with Crippen molar-refractivity contribution in [2.24, 2.45) is 0 Å². The minimum atomic E-state index is -0.668. The Morgan fingerprint density at radius 1 is 1.31 bits per heavy atom. The summed E-state index contributed by atoms with van der Waals surface area (Å²) in [5.41, 5.74) is 1.34. The minimum Gasteiger partial charge on any atom is -0.326 e. The van der Waals surface area contributed by atoms with E-state index in [0.717, 1.165) is 43.4 Å². The number of hydrogen-bond donors (Lipinski definition) is 0. The molecule has 1 fully saturated rings. The van der Waals surface area contributed by atoms with Gasteiger partial charge in [0.05, 0.1) is 17.5 Å². The van der Waals surface area contributed by atoms with Gasteiger partial charge in [0.2, 0.25) is 11.1 Å². The molecule has 1 aliphatic rings. The first-order valence-corrected chi connectivity index (χ1v) is 9.70. The van der Waals surface area contributed by atoms with Crippen LogP contribution in [0, 0.1) is 18.3 Å². The Bertz CT molecular complexity index is 804. The number of nitriles is 1. The molecule has 7 nitrogen and oxygen atoms in total. The monoisotopic (exact) mass is 370 g/mol. The van der Waals surface area contributed by atoms with Gasteiger partial charge in [-0.2, -0.15) is 9.94 Å². The molecule has 0 spiro atoms. The Morgan fingerprint density at radius 2 is 2.00 bits per heavy atom. The quantitative estimate of drug-likeness (QED) is 0.752. The Balaban J connectivity index is 1.68. The van der Waals surface area contributed by atoms with Crippen molar-refractivity contribution in [3.05, 3.63) is 29.8 Å². The van der Waals surface area contributed by atoms with Crippen molar-refractivity contribution in [3.63, 3.8) is 0 Å². The molecule has 3 rings (SSSR count). The number of rotatable bonds is 5. The molecule has 0 aliphatic heterocycles. The molecule has 136 valence electrons. The van der Waals surface area contributed by atoms with Gasteiger partial charge in [0.25, 0.3) is 0 Å². The van der Waals surface area contributed by atoms with E-state index in [2.05, 4.69) is 21.6 Å². The minimum absolute atomic E-state index is 0.0723. The molecule has 1 heterocycles. The lowest BCUT2D eigenvalue weighted by Gasteiger charge is -2.39. The number of thioether (sulfide) groups is 1. The van der Waals surface area contributed by atoms with Crippen molar-refractivity contribution in [1.82, 2.24) is 25.1 Å². The smallest absolute Gasteiger partial charge is 0.234 e. The van der Waals surface area contributed by atoms with Crippen LogP contribution in [-0.2, 0) is 4.79 Å². The molecule has 0 radical (unpaired) electrons. The maximum atomic E-state index is 12.7. The number of amides is 1. The molecule has 8 heteroatoms. The van der Waals surface area contributed by atoms with Crippen LogP contribution >= 0.6 is 11.8 Å². The maximum absolute atomic E-state index is 12.7. The maximum Gasteiger partial charge on any atom is 0.234 e. The third-order valence-corrected chi connectivity index (χ3v) is 5.85. The molecule has 2 aromatic rings. The third kappa shape index (κ3) is 3.73. The molecule has 0 unspecified atom stereocenters. The van der Waals surface area contributed by atoms with E-state index in [9.17, 15) is 10.1 Å². The van der Waals surface area contributed by atoms with E-state index in [1.165, 1.54) is 11.8 Å². The molecular weight excluding hydrogens is 348 g/mol. The number of hydrogen-bond acceptors (Lipinski definition) is 6. The average Bonchev–Trinajstić information content (AvgIpc) is 3.15. The van der Waals surface area contributed by atoms with Gasteiger partial charge in [-0.3, -0.25) is 4.79 Å². The van der Waals surface area contributed by atoms with Crippen LogP contribution in [0.15, 0.2) is 29.4 Å². The fourth-order valence-electron chi connectivity index (χ4n) is 3.24. The highest BCUT2D eigenvalue weighted by atomic mass is 32.2. The van der Waals surface area contributed by atoms with E-state index in [0.29, 0.717) is 5.16 Å². The lowest BCUT2D eigenvalue weighted by molar-refractivity contribution is -0.131. The topological polar surface area (TPSA) is 87.7 Å². The largest absolute Gasteiger partial charge is 0.326 e. The van der Waals surface area contributed by atoms with Crippen molar-refractivity contribution >= 4 is 17.7 Å². The van der Waals surface area contributed by atoms with Crippen LogP contribution in [0.1, 0.15) is 37.7 Å². The zero-order valence-corrected chi connectivity index (χ0v) is 15.9. The molecule has 0 bridgehead atoms. The fourth-order valence-corrected chi connectivity index (χ4v) is 4.04. The van der Waals surface area contributed by atoms with Gasteiger partial charge in [-0.1, -0.05) is 48.7 Å². The van der Waals surface area contributed by atoms with Gasteiger partial charge in [0.1, 0.15) is 5.54 Å². The number of aromatic nitrogens is 4. The number of tetrazole rings is 1. The van der Waals surface area contributed by atoms with E-state index in [1.807, 2.05) is 31.2 Å². The van der Waals surface area contributed by atoms with Crippen LogP contribution in [0.2, 0.25) is 0 Å². The van der Waals surface area contributed by atoms with Crippen molar-refractivity contribution in [2.45, 2.75) is 49.7 Å². The van der Waals surface area contributed by atoms with Crippen molar-refractivity contribution < 1.29 is 4.79 Å². The summed E-state index contributed by atoms with van der Waals surface area (Å²) in [4.78, 5) is 14.3. The summed E-state index contributed by atoms with van der Waals surface area (Å²) < 4.78 is 1.62. The van der Waals surface area contributed by atoms with E-state index < -0.39 is 5.54 Å². The van der Waals surface area contributed by atoms with Crippen molar-refractivity contribution in [2.75, 3.05) is 12.8 Å². The van der Waals surface area contributed by atoms with Crippen LogP contribution in [0.25, 0.3) is 5.69 Å². The van der Waals surface area contributed by atoms with Gasteiger partial charge in [-0.05, 0) is 42.3 Å². The lowest BCUT2D eigenvalue weighted by atomic mass is 9.81. The first-order chi connectivity index (χ1) is 12.6. The molecule has 1 aromatic heterocycles. The first kappa shape index (κ1) is 18.4. The highest BCUT2D eigenvalue weighted by Gasteiger charge is 2.38. The highest BCUT2D eigenvalue weighted by Crippen LogP contribution is 2.33. The SMILES string of the molecule is Cc1ccc(-n2nnnc2SCC(=O)N(C)C2(C#N)CCCCC2)cc1. The number of benzene rings is 1. The number of aryl methyl sites for hydroxylation is 1. The summed E-state index contributed by atoms with van der Waals surface area (Å²) in [6.45, 7) is 2.02. The van der Waals surface area contributed by atoms with E-state index in [1.54, 1.807) is 16.6 Å². The van der Waals surface area contributed by atoms with Crippen LogP contribution in [0.5, 0.6) is 0 Å². The van der Waals surface area contributed by atoms with Crippen LogP contribution in [0.3, 0.4) is 0 Å². The molecule has 1 aliphatic carbocycles. The predicted octanol–water partition coefficient (Wildman–Crippen LogP) is 2.75. The van der Waals surface area contributed by atoms with Gasteiger partial charge >= 0.3 is 0 Å². The number of nitrogens with zero attached hydrogens (tertiary/aromatic N) is 6. The van der Waals surface area contributed by atoms with Gasteiger partial charge in [-0.15, -0.1) is 5.10 Å². The first-order valence-electron chi connectivity index (χ1n) is 8.72. The molecule has 0 saturated heterocycles. The lowest BCUT2D eigenvalue weighted by Crippen LogP contribution is -2.50. The molecule has 1 aromatic carbocycles. The molecular formula is C18H22N6OS. The summed E-state index contributed by atoms with van der Waals surface area (Å²) in [5.74, 6) is 0.128. The molecule has 26 heavy (non-hydrogen) atoms. The summed E-state index contributed by atoms with van der Waals surface area (Å²) in [6, 6.07) is 10.2. The zero-order chi connectivity index (χ0) is 18.6. The van der Waals surface area contributed by atoms with Gasteiger partial charge < -0.3 is 4.90 Å². The van der Waals surface area contributed by atoms with Gasteiger partial charge in [0, 0.05) is 7.05 Å². The Morgan fingerprint density at radius 3 is 2.65 bits per heavy atom. The normalized spacial score (nSPS) is 16.0. The Hall–Kier alpha value is -2.40. The van der Waals surface area contributed by atoms with Gasteiger partial charge in [0.15, 0.2) is 0 Å². The number of carbonyl (C=O) groups is 1. The standard InChI is InChI=1S/C18H22N6OS/c1-14-6-8-15(9-7-14)24-17(20-21-22-24)26-12-16(25)23(2)18(13-19)10-4-3-5-11-18/h6-9H,3-5,10-12H2,1-2H3. The highest BCUT2D eigenvalue weighted by molar-refractivity contribution is 7.99. The Kier molecular flexibility index (Phi) is 5.57. The molecule has 1 saturated carbocycles. The van der Waals surface area contributed by atoms with Gasteiger partial charge in [-0.25, -0.2) is 0 Å². The molecule has 1 amide bonds. The number of carbonyl (C=O) groups excluding carboxylic acids is 1.